The van der Waals surface area contributed by atoms with E-state index in [1.807, 2.05) is 26.0 Å². The van der Waals surface area contributed by atoms with Gasteiger partial charge in [-0.05, 0) is 26.0 Å². The summed E-state index contributed by atoms with van der Waals surface area (Å²) in [5.41, 5.74) is 2.02. The topological polar surface area (TPSA) is 93.6 Å². The van der Waals surface area contributed by atoms with Crippen LogP contribution in [-0.2, 0) is 13.0 Å². The molecular formula is C17H19N3O4. The Morgan fingerprint density at radius 2 is 2.25 bits per heavy atom. The number of anilines is 1. The van der Waals surface area contributed by atoms with Gasteiger partial charge in [0.2, 0.25) is 0 Å². The molecule has 1 unspecified atom stereocenters. The van der Waals surface area contributed by atoms with Crippen LogP contribution >= 0.6 is 0 Å². The molecule has 0 bridgehead atoms. The molecule has 7 nitrogen and oxygen atoms in total. The summed E-state index contributed by atoms with van der Waals surface area (Å²) >= 11 is 0. The highest BCUT2D eigenvalue weighted by Gasteiger charge is 2.21. The zero-order valence-corrected chi connectivity index (χ0v) is 13.6. The van der Waals surface area contributed by atoms with Gasteiger partial charge in [0, 0.05) is 24.1 Å². The number of carboxylic acid groups (broad SMARTS) is 1. The SMILES string of the molecule is CCOc1cc2c(cc1CNc1cnc(C(=O)O)cn1)OC(C)C2. The Hall–Kier alpha value is -2.83. The maximum absolute atomic E-state index is 10.8. The fraction of sp³-hybridized carbons (Fsp3) is 0.353. The summed E-state index contributed by atoms with van der Waals surface area (Å²) in [6.45, 7) is 5.04. The Bertz CT molecular complexity index is 746. The summed E-state index contributed by atoms with van der Waals surface area (Å²) < 4.78 is 11.5. The minimum absolute atomic E-state index is 0.0875. The van der Waals surface area contributed by atoms with E-state index in [-0.39, 0.29) is 11.8 Å². The second-order valence-electron chi connectivity index (χ2n) is 5.58. The minimum Gasteiger partial charge on any atom is -0.494 e. The molecule has 0 saturated heterocycles. The quantitative estimate of drug-likeness (QED) is 0.841. The third-order valence-corrected chi connectivity index (χ3v) is 3.71. The molecule has 2 aromatic rings. The number of aromatic nitrogens is 2. The van der Waals surface area contributed by atoms with Crippen molar-refractivity contribution in [2.75, 3.05) is 11.9 Å². The smallest absolute Gasteiger partial charge is 0.356 e. The van der Waals surface area contributed by atoms with Gasteiger partial charge in [-0.25, -0.2) is 14.8 Å². The molecule has 1 atom stereocenters. The van der Waals surface area contributed by atoms with Crippen LogP contribution in [0.1, 0.15) is 35.5 Å². The number of fused-ring (bicyclic) bond motifs is 1. The van der Waals surface area contributed by atoms with Gasteiger partial charge in [0.25, 0.3) is 0 Å². The molecule has 1 aliphatic rings. The van der Waals surface area contributed by atoms with E-state index in [2.05, 4.69) is 15.3 Å². The normalized spacial score (nSPS) is 15.5. The van der Waals surface area contributed by atoms with Gasteiger partial charge < -0.3 is 19.9 Å². The van der Waals surface area contributed by atoms with E-state index in [1.165, 1.54) is 12.4 Å². The van der Waals surface area contributed by atoms with Gasteiger partial charge >= 0.3 is 5.97 Å². The van der Waals surface area contributed by atoms with Crippen molar-refractivity contribution in [3.05, 3.63) is 41.3 Å². The third kappa shape index (κ3) is 3.40. The molecule has 0 spiro atoms. The molecule has 0 amide bonds. The van der Waals surface area contributed by atoms with E-state index in [9.17, 15) is 4.79 Å². The van der Waals surface area contributed by atoms with Crippen molar-refractivity contribution in [3.63, 3.8) is 0 Å². The Morgan fingerprint density at radius 1 is 1.42 bits per heavy atom. The lowest BCUT2D eigenvalue weighted by molar-refractivity contribution is 0.0690. The van der Waals surface area contributed by atoms with Crippen LogP contribution in [0.25, 0.3) is 0 Å². The second-order valence-corrected chi connectivity index (χ2v) is 5.58. The lowest BCUT2D eigenvalue weighted by Crippen LogP contribution is -2.07. The first kappa shape index (κ1) is 16.0. The van der Waals surface area contributed by atoms with Crippen LogP contribution in [0.2, 0.25) is 0 Å². The summed E-state index contributed by atoms with van der Waals surface area (Å²) in [7, 11) is 0. The first-order valence-electron chi connectivity index (χ1n) is 7.81. The summed E-state index contributed by atoms with van der Waals surface area (Å²) in [4.78, 5) is 18.7. The van der Waals surface area contributed by atoms with Crippen molar-refractivity contribution in [3.8, 4) is 11.5 Å². The molecule has 0 saturated carbocycles. The van der Waals surface area contributed by atoms with Gasteiger partial charge in [-0.3, -0.25) is 0 Å². The van der Waals surface area contributed by atoms with Gasteiger partial charge in [-0.1, -0.05) is 0 Å². The van der Waals surface area contributed by atoms with E-state index in [1.54, 1.807) is 0 Å². The Morgan fingerprint density at radius 3 is 2.92 bits per heavy atom. The van der Waals surface area contributed by atoms with E-state index in [4.69, 9.17) is 14.6 Å². The van der Waals surface area contributed by atoms with Crippen LogP contribution in [0.4, 0.5) is 5.82 Å². The second kappa shape index (κ2) is 6.74. The predicted octanol–water partition coefficient (Wildman–Crippen LogP) is 2.51. The molecule has 1 aromatic heterocycles. The molecule has 0 fully saturated rings. The van der Waals surface area contributed by atoms with Crippen LogP contribution in [-0.4, -0.2) is 33.8 Å². The van der Waals surface area contributed by atoms with Gasteiger partial charge in [0.15, 0.2) is 5.69 Å². The van der Waals surface area contributed by atoms with Gasteiger partial charge in [0.1, 0.15) is 23.4 Å². The fourth-order valence-electron chi connectivity index (χ4n) is 2.63. The lowest BCUT2D eigenvalue weighted by atomic mass is 10.1. The number of ether oxygens (including phenoxy) is 2. The van der Waals surface area contributed by atoms with Crippen LogP contribution < -0.4 is 14.8 Å². The Kier molecular flexibility index (Phi) is 4.50. The highest BCUT2D eigenvalue weighted by Crippen LogP contribution is 2.35. The van der Waals surface area contributed by atoms with Crippen molar-refractivity contribution in [2.45, 2.75) is 32.9 Å². The molecule has 1 aromatic carbocycles. The summed E-state index contributed by atoms with van der Waals surface area (Å²) in [6, 6.07) is 4.01. The van der Waals surface area contributed by atoms with Gasteiger partial charge in [0.05, 0.1) is 19.0 Å². The zero-order chi connectivity index (χ0) is 17.1. The molecule has 2 heterocycles. The maximum atomic E-state index is 10.8. The molecule has 24 heavy (non-hydrogen) atoms. The van der Waals surface area contributed by atoms with Gasteiger partial charge in [-0.15, -0.1) is 0 Å². The Labute approximate surface area is 139 Å². The third-order valence-electron chi connectivity index (χ3n) is 3.71. The van der Waals surface area contributed by atoms with E-state index >= 15 is 0 Å². The van der Waals surface area contributed by atoms with E-state index < -0.39 is 5.97 Å². The number of hydrogen-bond acceptors (Lipinski definition) is 6. The van der Waals surface area contributed by atoms with Crippen molar-refractivity contribution >= 4 is 11.8 Å². The van der Waals surface area contributed by atoms with Crippen molar-refractivity contribution < 1.29 is 19.4 Å². The molecule has 126 valence electrons. The highest BCUT2D eigenvalue weighted by atomic mass is 16.5. The summed E-state index contributed by atoms with van der Waals surface area (Å²) in [5, 5.41) is 12.0. The van der Waals surface area contributed by atoms with Crippen LogP contribution in [0.15, 0.2) is 24.5 Å². The number of nitrogens with zero attached hydrogens (tertiary/aromatic N) is 2. The lowest BCUT2D eigenvalue weighted by Gasteiger charge is -2.13. The number of hydrogen-bond donors (Lipinski definition) is 2. The predicted molar refractivity (Wildman–Crippen MR) is 87.7 cm³/mol. The molecule has 1 aliphatic heterocycles. The Balaban J connectivity index is 1.76. The molecule has 2 N–H and O–H groups in total. The number of nitrogens with one attached hydrogen (secondary N) is 1. The number of carboxylic acids is 1. The van der Waals surface area contributed by atoms with Crippen molar-refractivity contribution in [1.29, 1.82) is 0 Å². The standard InChI is InChI=1S/C17H19N3O4/c1-3-23-14-5-11-4-10(2)24-15(11)6-12(14)7-19-16-9-18-13(8-20-16)17(21)22/h5-6,8-10H,3-4,7H2,1-2H3,(H,19,20)(H,21,22). The number of rotatable bonds is 6. The molecule has 3 rings (SSSR count). The summed E-state index contributed by atoms with van der Waals surface area (Å²) in [6.07, 6.45) is 3.68. The van der Waals surface area contributed by atoms with Crippen molar-refractivity contribution in [2.24, 2.45) is 0 Å². The van der Waals surface area contributed by atoms with Crippen molar-refractivity contribution in [1.82, 2.24) is 9.97 Å². The minimum atomic E-state index is -1.10. The zero-order valence-electron chi connectivity index (χ0n) is 13.6. The molecule has 7 heteroatoms. The maximum Gasteiger partial charge on any atom is 0.356 e. The van der Waals surface area contributed by atoms with Gasteiger partial charge in [-0.2, -0.15) is 0 Å². The van der Waals surface area contributed by atoms with Crippen LogP contribution in [0.3, 0.4) is 0 Å². The number of aromatic carboxylic acids is 1. The van der Waals surface area contributed by atoms with E-state index in [0.29, 0.717) is 19.0 Å². The first-order valence-corrected chi connectivity index (χ1v) is 7.81. The van der Waals surface area contributed by atoms with Crippen LogP contribution in [0, 0.1) is 0 Å². The number of benzene rings is 1. The van der Waals surface area contributed by atoms with E-state index in [0.717, 1.165) is 29.0 Å². The number of carbonyl (C=O) groups is 1. The monoisotopic (exact) mass is 329 g/mol. The molecule has 0 aliphatic carbocycles. The summed E-state index contributed by atoms with van der Waals surface area (Å²) in [5.74, 6) is 1.10. The van der Waals surface area contributed by atoms with Crippen LogP contribution in [0.5, 0.6) is 11.5 Å². The largest absolute Gasteiger partial charge is 0.494 e. The molecule has 0 radical (unpaired) electrons. The highest BCUT2D eigenvalue weighted by molar-refractivity contribution is 5.84. The average molecular weight is 329 g/mol. The molecular weight excluding hydrogens is 310 g/mol. The fourth-order valence-corrected chi connectivity index (χ4v) is 2.63. The average Bonchev–Trinajstić information content (AvgIpc) is 2.92. The first-order chi connectivity index (χ1) is 11.6.